The van der Waals surface area contributed by atoms with Gasteiger partial charge >= 0.3 is 0 Å². The van der Waals surface area contributed by atoms with Crippen molar-refractivity contribution >= 4 is 22.1 Å². The molecule has 0 saturated heterocycles. The zero-order valence-electron chi connectivity index (χ0n) is 16.8. The SMILES string of the molecule is Cc1cccc2c1cc1c(-c3ccccc3)c(-c3ccccc3)[n+]3ccccc3n12. The van der Waals surface area contributed by atoms with Crippen LogP contribution in [0.3, 0.4) is 0 Å². The van der Waals surface area contributed by atoms with E-state index in [9.17, 15) is 0 Å². The number of pyridine rings is 1. The van der Waals surface area contributed by atoms with E-state index < -0.39 is 0 Å². The highest BCUT2D eigenvalue weighted by molar-refractivity contribution is 6.00. The Labute approximate surface area is 175 Å². The predicted molar refractivity (Wildman–Crippen MR) is 124 cm³/mol. The first-order chi connectivity index (χ1) is 14.8. The molecule has 3 heterocycles. The summed E-state index contributed by atoms with van der Waals surface area (Å²) >= 11 is 0. The third kappa shape index (κ3) is 2.40. The van der Waals surface area contributed by atoms with Crippen molar-refractivity contribution in [3.8, 4) is 22.4 Å². The largest absolute Gasteiger partial charge is 0.292 e. The van der Waals surface area contributed by atoms with Crippen LogP contribution < -0.4 is 4.40 Å². The molecule has 0 atom stereocenters. The molecule has 2 nitrogen and oxygen atoms in total. The average molecular weight is 385 g/mol. The molecule has 30 heavy (non-hydrogen) atoms. The highest BCUT2D eigenvalue weighted by Gasteiger charge is 2.25. The first kappa shape index (κ1) is 17.0. The Bertz CT molecular complexity index is 1530. The second-order valence-corrected chi connectivity index (χ2v) is 7.76. The Hall–Kier alpha value is -3.91. The van der Waals surface area contributed by atoms with Crippen molar-refractivity contribution in [1.82, 2.24) is 4.40 Å². The molecule has 0 spiro atoms. The Morgan fingerprint density at radius 3 is 2.10 bits per heavy atom. The molecule has 0 N–H and O–H groups in total. The summed E-state index contributed by atoms with van der Waals surface area (Å²) in [7, 11) is 0. The topological polar surface area (TPSA) is 8.51 Å². The number of nitrogens with zero attached hydrogens (tertiary/aromatic N) is 2. The molecule has 0 bridgehead atoms. The van der Waals surface area contributed by atoms with E-state index in [1.54, 1.807) is 0 Å². The van der Waals surface area contributed by atoms with Gasteiger partial charge in [0.05, 0.1) is 11.8 Å². The highest BCUT2D eigenvalue weighted by Crippen LogP contribution is 2.37. The summed E-state index contributed by atoms with van der Waals surface area (Å²) in [4.78, 5) is 0. The van der Waals surface area contributed by atoms with Gasteiger partial charge in [-0.25, -0.2) is 0 Å². The fraction of sp³-hybridized carbons (Fsp3) is 0.0357. The summed E-state index contributed by atoms with van der Waals surface area (Å²) in [6.07, 6.45) is 2.17. The summed E-state index contributed by atoms with van der Waals surface area (Å²) in [6.45, 7) is 2.19. The maximum Gasteiger partial charge on any atom is 0.292 e. The number of benzene rings is 3. The summed E-state index contributed by atoms with van der Waals surface area (Å²) in [5.74, 6) is 0. The lowest BCUT2D eigenvalue weighted by Crippen LogP contribution is -2.28. The van der Waals surface area contributed by atoms with E-state index in [4.69, 9.17) is 0 Å². The van der Waals surface area contributed by atoms with Crippen LogP contribution in [-0.2, 0) is 0 Å². The van der Waals surface area contributed by atoms with Crippen LogP contribution in [0.1, 0.15) is 5.56 Å². The van der Waals surface area contributed by atoms with Gasteiger partial charge in [0.1, 0.15) is 11.0 Å². The molecule has 0 unspecified atom stereocenters. The molecule has 3 aromatic heterocycles. The number of rotatable bonds is 2. The van der Waals surface area contributed by atoms with Crippen molar-refractivity contribution < 1.29 is 4.40 Å². The molecule has 0 aliphatic rings. The number of hydrogen-bond acceptors (Lipinski definition) is 0. The molecule has 6 aromatic rings. The van der Waals surface area contributed by atoms with Gasteiger partial charge in [0.2, 0.25) is 0 Å². The summed E-state index contributed by atoms with van der Waals surface area (Å²) in [5, 5.41) is 1.30. The Morgan fingerprint density at radius 1 is 0.633 bits per heavy atom. The zero-order valence-corrected chi connectivity index (χ0v) is 16.8. The van der Waals surface area contributed by atoms with Crippen LogP contribution in [0.4, 0.5) is 0 Å². The minimum atomic E-state index is 1.16. The minimum Gasteiger partial charge on any atom is -0.198 e. The van der Waals surface area contributed by atoms with Crippen LogP contribution in [0.15, 0.2) is 109 Å². The first-order valence-electron chi connectivity index (χ1n) is 10.3. The number of hydrogen-bond donors (Lipinski definition) is 0. The van der Waals surface area contributed by atoms with Crippen LogP contribution in [0.5, 0.6) is 0 Å². The molecule has 0 amide bonds. The van der Waals surface area contributed by atoms with Gasteiger partial charge in [0, 0.05) is 17.0 Å². The van der Waals surface area contributed by atoms with E-state index in [0.717, 1.165) is 5.65 Å². The molecule has 0 aliphatic heterocycles. The Kier molecular flexibility index (Phi) is 3.72. The second kappa shape index (κ2) is 6.57. The van der Waals surface area contributed by atoms with Crippen molar-refractivity contribution in [2.24, 2.45) is 0 Å². The first-order valence-corrected chi connectivity index (χ1v) is 10.3. The summed E-state index contributed by atoms with van der Waals surface area (Å²) in [5.41, 5.74) is 9.83. The maximum absolute atomic E-state index is 2.40. The maximum atomic E-state index is 2.40. The monoisotopic (exact) mass is 385 g/mol. The Balaban J connectivity index is 1.94. The van der Waals surface area contributed by atoms with Gasteiger partial charge in [-0.15, -0.1) is 0 Å². The van der Waals surface area contributed by atoms with Gasteiger partial charge in [-0.05, 0) is 36.2 Å². The third-order valence-electron chi connectivity index (χ3n) is 5.97. The van der Waals surface area contributed by atoms with Crippen LogP contribution in [0.2, 0.25) is 0 Å². The fourth-order valence-electron chi connectivity index (χ4n) is 4.63. The fourth-order valence-corrected chi connectivity index (χ4v) is 4.63. The van der Waals surface area contributed by atoms with Gasteiger partial charge in [0.15, 0.2) is 5.69 Å². The molecular formula is C28H21N2+. The predicted octanol–water partition coefficient (Wildman–Crippen LogP) is 6.47. The molecule has 0 fully saturated rings. The second-order valence-electron chi connectivity index (χ2n) is 7.76. The van der Waals surface area contributed by atoms with Crippen LogP contribution in [-0.4, -0.2) is 4.40 Å². The van der Waals surface area contributed by atoms with Crippen LogP contribution in [0.25, 0.3) is 44.5 Å². The van der Waals surface area contributed by atoms with Crippen molar-refractivity contribution in [2.45, 2.75) is 6.92 Å². The molecule has 142 valence electrons. The average Bonchev–Trinajstić information content (AvgIpc) is 3.20. The van der Waals surface area contributed by atoms with Gasteiger partial charge in [-0.1, -0.05) is 78.9 Å². The molecule has 0 radical (unpaired) electrons. The van der Waals surface area contributed by atoms with Crippen molar-refractivity contribution in [3.63, 3.8) is 0 Å². The molecule has 0 saturated carbocycles. The van der Waals surface area contributed by atoms with Crippen molar-refractivity contribution in [2.75, 3.05) is 0 Å². The van der Waals surface area contributed by atoms with E-state index >= 15 is 0 Å². The van der Waals surface area contributed by atoms with Crippen molar-refractivity contribution in [3.05, 3.63) is 115 Å². The van der Waals surface area contributed by atoms with E-state index in [1.165, 1.54) is 44.4 Å². The highest BCUT2D eigenvalue weighted by atomic mass is 15.1. The molecule has 2 heteroatoms. The molecule has 0 aliphatic carbocycles. The molecular weight excluding hydrogens is 364 g/mol. The minimum absolute atomic E-state index is 1.16. The lowest BCUT2D eigenvalue weighted by Gasteiger charge is -2.12. The summed E-state index contributed by atoms with van der Waals surface area (Å²) in [6, 6.07) is 36.8. The quantitative estimate of drug-likeness (QED) is 0.302. The van der Waals surface area contributed by atoms with Crippen LogP contribution >= 0.6 is 0 Å². The Morgan fingerprint density at radius 2 is 1.33 bits per heavy atom. The lowest BCUT2D eigenvalue weighted by atomic mass is 9.98. The van der Waals surface area contributed by atoms with E-state index in [1.807, 2.05) is 0 Å². The van der Waals surface area contributed by atoms with Crippen LogP contribution in [0, 0.1) is 6.92 Å². The van der Waals surface area contributed by atoms with Gasteiger partial charge in [-0.3, -0.25) is 0 Å². The molecule has 3 aromatic carbocycles. The normalized spacial score (nSPS) is 11.5. The zero-order chi connectivity index (χ0) is 20.1. The van der Waals surface area contributed by atoms with Gasteiger partial charge in [0.25, 0.3) is 5.65 Å². The lowest BCUT2D eigenvalue weighted by molar-refractivity contribution is -0.501. The van der Waals surface area contributed by atoms with E-state index in [-0.39, 0.29) is 0 Å². The number of aryl methyl sites for hydroxylation is 1. The van der Waals surface area contributed by atoms with E-state index in [2.05, 4.69) is 125 Å². The molecule has 6 rings (SSSR count). The number of aromatic nitrogens is 2. The van der Waals surface area contributed by atoms with Crippen molar-refractivity contribution in [1.29, 1.82) is 0 Å². The van der Waals surface area contributed by atoms with Gasteiger partial charge < -0.3 is 0 Å². The summed E-state index contributed by atoms with van der Waals surface area (Å²) < 4.78 is 4.73. The standard InChI is InChI=1S/C28H21N2/c1-20-11-10-16-24-23(20)19-25-27(21-12-4-2-5-13-21)28(22-14-6-3-7-15-22)29-18-9-8-17-26(29)30(24)25/h2-19H,1H3/q+1. The van der Waals surface area contributed by atoms with E-state index in [0.29, 0.717) is 0 Å². The third-order valence-corrected chi connectivity index (χ3v) is 5.97. The number of fused-ring (bicyclic) bond motifs is 5. The smallest absolute Gasteiger partial charge is 0.198 e. The van der Waals surface area contributed by atoms with Gasteiger partial charge in [-0.2, -0.15) is 8.80 Å².